The number of carbonyl (C=O) groups excluding carboxylic acids is 1. The summed E-state index contributed by atoms with van der Waals surface area (Å²) in [5, 5.41) is 2.86. The van der Waals surface area contributed by atoms with E-state index in [0.29, 0.717) is 22.7 Å². The summed E-state index contributed by atoms with van der Waals surface area (Å²) in [7, 11) is 4.40. The van der Waals surface area contributed by atoms with E-state index in [2.05, 4.69) is 10.3 Å². The predicted molar refractivity (Wildman–Crippen MR) is 104 cm³/mol. The molecule has 0 saturated heterocycles. The maximum absolute atomic E-state index is 12.6. The minimum absolute atomic E-state index is 0.162. The van der Waals surface area contributed by atoms with Crippen LogP contribution in [0.25, 0.3) is 11.0 Å². The lowest BCUT2D eigenvalue weighted by molar-refractivity contribution is -0.118. The number of nitrogens with one attached hydrogen (secondary N) is 1. The number of aryl methyl sites for hydroxylation is 2. The van der Waals surface area contributed by atoms with Gasteiger partial charge in [0, 0.05) is 20.3 Å². The van der Waals surface area contributed by atoms with Gasteiger partial charge >= 0.3 is 5.69 Å². The molecule has 0 unspecified atom stereocenters. The van der Waals surface area contributed by atoms with Gasteiger partial charge in [0.05, 0.1) is 12.8 Å². The maximum atomic E-state index is 12.6. The van der Waals surface area contributed by atoms with E-state index in [-0.39, 0.29) is 17.6 Å². The van der Waals surface area contributed by atoms with Crippen LogP contribution in [0.2, 0.25) is 0 Å². The highest BCUT2D eigenvalue weighted by molar-refractivity contribution is 6.01. The molecule has 0 aliphatic heterocycles. The van der Waals surface area contributed by atoms with Crippen LogP contribution in [0.4, 0.5) is 5.69 Å². The van der Waals surface area contributed by atoms with Crippen LogP contribution in [0.3, 0.4) is 0 Å². The standard InChI is InChI=1S/C19H20N4O5/c1-11-9-20-17-15(18(25)23(3)19(26)22(17)2)16(11)21-14(24)10-28-13-8-6-5-7-12(13)27-4/h5-9H,10H2,1-4H3,(H,20,21,24). The molecule has 0 bridgehead atoms. The lowest BCUT2D eigenvalue weighted by atomic mass is 10.2. The smallest absolute Gasteiger partial charge is 0.332 e. The molecule has 3 aromatic rings. The Morgan fingerprint density at radius 1 is 1.14 bits per heavy atom. The third-order valence-corrected chi connectivity index (χ3v) is 4.35. The second kappa shape index (κ2) is 7.55. The number of ether oxygens (including phenoxy) is 2. The summed E-state index contributed by atoms with van der Waals surface area (Å²) < 4.78 is 12.9. The second-order valence-corrected chi connectivity index (χ2v) is 6.21. The number of hydrogen-bond acceptors (Lipinski definition) is 6. The fourth-order valence-electron chi connectivity index (χ4n) is 2.84. The summed E-state index contributed by atoms with van der Waals surface area (Å²) in [6, 6.07) is 6.96. The van der Waals surface area contributed by atoms with Crippen LogP contribution >= 0.6 is 0 Å². The van der Waals surface area contributed by atoms with Gasteiger partial charge in [-0.25, -0.2) is 9.78 Å². The summed E-state index contributed by atoms with van der Waals surface area (Å²) in [6.45, 7) is 1.43. The van der Waals surface area contributed by atoms with Crippen molar-refractivity contribution in [2.75, 3.05) is 19.0 Å². The van der Waals surface area contributed by atoms with Crippen molar-refractivity contribution in [1.29, 1.82) is 0 Å². The first-order valence-electron chi connectivity index (χ1n) is 8.46. The van der Waals surface area contributed by atoms with Gasteiger partial charge < -0.3 is 14.8 Å². The number of anilines is 1. The largest absolute Gasteiger partial charge is 0.493 e. The Kier molecular flexibility index (Phi) is 5.16. The number of benzene rings is 1. The van der Waals surface area contributed by atoms with Crippen LogP contribution in [-0.2, 0) is 18.9 Å². The van der Waals surface area contributed by atoms with Gasteiger partial charge in [0.15, 0.2) is 23.8 Å². The summed E-state index contributed by atoms with van der Waals surface area (Å²) >= 11 is 0. The van der Waals surface area contributed by atoms with Crippen LogP contribution in [0.1, 0.15) is 5.56 Å². The molecule has 9 nitrogen and oxygen atoms in total. The number of para-hydroxylation sites is 2. The molecule has 0 aliphatic carbocycles. The molecule has 2 aromatic heterocycles. The topological polar surface area (TPSA) is 104 Å². The highest BCUT2D eigenvalue weighted by Gasteiger charge is 2.17. The van der Waals surface area contributed by atoms with Crippen LogP contribution < -0.4 is 26.0 Å². The first-order chi connectivity index (χ1) is 13.3. The summed E-state index contributed by atoms with van der Waals surface area (Å²) in [4.78, 5) is 41.4. The van der Waals surface area contributed by atoms with Crippen molar-refractivity contribution in [2.24, 2.45) is 14.1 Å². The number of carbonyl (C=O) groups is 1. The average Bonchev–Trinajstić information content (AvgIpc) is 2.70. The minimum atomic E-state index is -0.532. The van der Waals surface area contributed by atoms with E-state index >= 15 is 0 Å². The SMILES string of the molecule is COc1ccccc1OCC(=O)Nc1c(C)cnc2c1c(=O)n(C)c(=O)n2C. The van der Waals surface area contributed by atoms with E-state index in [1.165, 1.54) is 32.0 Å². The van der Waals surface area contributed by atoms with Crippen LogP contribution in [0, 0.1) is 6.92 Å². The number of amides is 1. The molecule has 0 atom stereocenters. The number of hydrogen-bond donors (Lipinski definition) is 1. The van der Waals surface area contributed by atoms with E-state index in [0.717, 1.165) is 4.57 Å². The third-order valence-electron chi connectivity index (χ3n) is 4.35. The lowest BCUT2D eigenvalue weighted by Crippen LogP contribution is -2.38. The van der Waals surface area contributed by atoms with Crippen molar-refractivity contribution >= 4 is 22.6 Å². The van der Waals surface area contributed by atoms with Crippen molar-refractivity contribution in [3.8, 4) is 11.5 Å². The first-order valence-corrected chi connectivity index (χ1v) is 8.46. The first kappa shape index (κ1) is 19.2. The Morgan fingerprint density at radius 3 is 2.50 bits per heavy atom. The Bertz CT molecular complexity index is 1180. The van der Waals surface area contributed by atoms with Gasteiger partial charge in [-0.3, -0.25) is 18.7 Å². The molecular weight excluding hydrogens is 364 g/mol. The third kappa shape index (κ3) is 3.34. The zero-order valence-electron chi connectivity index (χ0n) is 16.0. The van der Waals surface area contributed by atoms with Crippen molar-refractivity contribution in [3.63, 3.8) is 0 Å². The molecular formula is C19H20N4O5. The minimum Gasteiger partial charge on any atom is -0.493 e. The monoisotopic (exact) mass is 384 g/mol. The molecule has 0 spiro atoms. The molecule has 1 amide bonds. The van der Waals surface area contributed by atoms with Crippen molar-refractivity contribution in [2.45, 2.75) is 6.92 Å². The highest BCUT2D eigenvalue weighted by atomic mass is 16.5. The summed E-state index contributed by atoms with van der Waals surface area (Å²) in [5.41, 5.74) is 0.0595. The molecule has 3 rings (SSSR count). The van der Waals surface area contributed by atoms with Gasteiger partial charge in [-0.15, -0.1) is 0 Å². The quantitative estimate of drug-likeness (QED) is 0.703. The van der Waals surface area contributed by atoms with Crippen LogP contribution in [-0.4, -0.2) is 33.7 Å². The molecule has 1 N–H and O–H groups in total. The Labute approximate surface area is 160 Å². The Hall–Kier alpha value is -3.62. The number of fused-ring (bicyclic) bond motifs is 1. The molecule has 2 heterocycles. The number of pyridine rings is 1. The van der Waals surface area contributed by atoms with Crippen molar-refractivity contribution in [1.82, 2.24) is 14.1 Å². The van der Waals surface area contributed by atoms with Gasteiger partial charge in [0.1, 0.15) is 5.39 Å². The number of rotatable bonds is 5. The average molecular weight is 384 g/mol. The molecule has 0 aliphatic rings. The fraction of sp³-hybridized carbons (Fsp3) is 0.263. The Balaban J connectivity index is 1.94. The Morgan fingerprint density at radius 2 is 1.82 bits per heavy atom. The van der Waals surface area contributed by atoms with Gasteiger partial charge in [-0.05, 0) is 24.6 Å². The van der Waals surface area contributed by atoms with E-state index < -0.39 is 17.2 Å². The van der Waals surface area contributed by atoms with Crippen molar-refractivity contribution in [3.05, 3.63) is 56.9 Å². The van der Waals surface area contributed by atoms with E-state index in [1.54, 1.807) is 31.2 Å². The van der Waals surface area contributed by atoms with Crippen LogP contribution in [0.15, 0.2) is 40.1 Å². The summed E-state index contributed by atoms with van der Waals surface area (Å²) in [5.74, 6) is 0.469. The molecule has 9 heteroatoms. The molecule has 0 saturated carbocycles. The molecule has 146 valence electrons. The van der Waals surface area contributed by atoms with E-state index in [9.17, 15) is 14.4 Å². The summed E-state index contributed by atoms with van der Waals surface area (Å²) in [6.07, 6.45) is 1.50. The molecule has 0 radical (unpaired) electrons. The lowest BCUT2D eigenvalue weighted by Gasteiger charge is -2.14. The number of aromatic nitrogens is 3. The van der Waals surface area contributed by atoms with Crippen LogP contribution in [0.5, 0.6) is 11.5 Å². The highest BCUT2D eigenvalue weighted by Crippen LogP contribution is 2.26. The number of nitrogens with zero attached hydrogens (tertiary/aromatic N) is 3. The van der Waals surface area contributed by atoms with Gasteiger partial charge in [0.25, 0.3) is 11.5 Å². The molecule has 0 fully saturated rings. The number of methoxy groups -OCH3 is 1. The van der Waals surface area contributed by atoms with Crippen molar-refractivity contribution < 1.29 is 14.3 Å². The second-order valence-electron chi connectivity index (χ2n) is 6.21. The molecule has 1 aromatic carbocycles. The van der Waals surface area contributed by atoms with Gasteiger partial charge in [0.2, 0.25) is 0 Å². The van der Waals surface area contributed by atoms with Gasteiger partial charge in [-0.2, -0.15) is 0 Å². The van der Waals surface area contributed by atoms with E-state index in [1.807, 2.05) is 0 Å². The predicted octanol–water partition coefficient (Wildman–Crippen LogP) is 0.967. The normalized spacial score (nSPS) is 10.7. The van der Waals surface area contributed by atoms with E-state index in [4.69, 9.17) is 9.47 Å². The zero-order valence-corrected chi connectivity index (χ0v) is 16.0. The zero-order chi connectivity index (χ0) is 20.4. The fourth-order valence-corrected chi connectivity index (χ4v) is 2.84. The van der Waals surface area contributed by atoms with Gasteiger partial charge in [-0.1, -0.05) is 12.1 Å². The maximum Gasteiger partial charge on any atom is 0.332 e. The molecule has 28 heavy (non-hydrogen) atoms.